The highest BCUT2D eigenvalue weighted by molar-refractivity contribution is 4.90. The number of nitriles is 2. The molecule has 0 saturated carbocycles. The molecule has 1 aliphatic rings. The van der Waals surface area contributed by atoms with E-state index in [9.17, 15) is 5.26 Å². The minimum absolute atomic E-state index is 0.0344. The van der Waals surface area contributed by atoms with Crippen LogP contribution in [0.4, 0.5) is 0 Å². The van der Waals surface area contributed by atoms with Crippen molar-refractivity contribution in [3.8, 4) is 12.1 Å². The van der Waals surface area contributed by atoms with Crippen LogP contribution < -0.4 is 0 Å². The van der Waals surface area contributed by atoms with Crippen LogP contribution in [0.15, 0.2) is 18.5 Å². The van der Waals surface area contributed by atoms with Gasteiger partial charge in [-0.1, -0.05) is 6.42 Å². The summed E-state index contributed by atoms with van der Waals surface area (Å²) in [5.41, 5.74) is 0. The lowest BCUT2D eigenvalue weighted by Crippen LogP contribution is -2.44. The van der Waals surface area contributed by atoms with Gasteiger partial charge in [0.1, 0.15) is 0 Å². The minimum atomic E-state index is -0.0344. The SMILES string of the molecule is N#CCCC(C#N)CN1CCCCC1Cn1cccn1. The molecule has 1 aromatic rings. The quantitative estimate of drug-likeness (QED) is 0.795. The minimum Gasteiger partial charge on any atom is -0.297 e. The number of rotatable bonds is 6. The molecular weight excluding hydrogens is 250 g/mol. The van der Waals surface area contributed by atoms with Gasteiger partial charge in [0.15, 0.2) is 0 Å². The Kier molecular flexibility index (Phi) is 5.58. The summed E-state index contributed by atoms with van der Waals surface area (Å²) in [5.74, 6) is -0.0344. The smallest absolute Gasteiger partial charge is 0.0669 e. The molecule has 5 nitrogen and oxygen atoms in total. The van der Waals surface area contributed by atoms with Crippen molar-refractivity contribution >= 4 is 0 Å². The summed E-state index contributed by atoms with van der Waals surface area (Å²) in [6.07, 6.45) is 8.55. The Morgan fingerprint density at radius 1 is 1.35 bits per heavy atom. The molecule has 0 N–H and O–H groups in total. The van der Waals surface area contributed by atoms with E-state index in [1.807, 2.05) is 16.9 Å². The van der Waals surface area contributed by atoms with E-state index in [4.69, 9.17) is 5.26 Å². The molecule has 2 heterocycles. The predicted molar refractivity (Wildman–Crippen MR) is 75.4 cm³/mol. The number of aromatic nitrogens is 2. The highest BCUT2D eigenvalue weighted by Gasteiger charge is 2.25. The van der Waals surface area contributed by atoms with E-state index in [1.54, 1.807) is 6.20 Å². The van der Waals surface area contributed by atoms with Gasteiger partial charge >= 0.3 is 0 Å². The van der Waals surface area contributed by atoms with Crippen LogP contribution in [0.2, 0.25) is 0 Å². The Morgan fingerprint density at radius 3 is 2.95 bits per heavy atom. The summed E-state index contributed by atoms with van der Waals surface area (Å²) in [6, 6.07) is 6.88. The zero-order valence-corrected chi connectivity index (χ0v) is 11.8. The van der Waals surface area contributed by atoms with Crippen molar-refractivity contribution in [2.75, 3.05) is 13.1 Å². The van der Waals surface area contributed by atoms with Crippen molar-refractivity contribution in [3.63, 3.8) is 0 Å². The van der Waals surface area contributed by atoms with Gasteiger partial charge in [-0.15, -0.1) is 0 Å². The predicted octanol–water partition coefficient (Wildman–Crippen LogP) is 2.18. The van der Waals surface area contributed by atoms with Gasteiger partial charge in [0, 0.05) is 31.4 Å². The molecule has 1 fully saturated rings. The van der Waals surface area contributed by atoms with Crippen LogP contribution in [0.5, 0.6) is 0 Å². The van der Waals surface area contributed by atoms with E-state index >= 15 is 0 Å². The van der Waals surface area contributed by atoms with E-state index in [-0.39, 0.29) is 5.92 Å². The molecule has 0 spiro atoms. The lowest BCUT2D eigenvalue weighted by atomic mass is 9.98. The van der Waals surface area contributed by atoms with Gasteiger partial charge < -0.3 is 0 Å². The normalized spacial score (nSPS) is 21.0. The Balaban J connectivity index is 1.92. The Labute approximate surface area is 120 Å². The maximum Gasteiger partial charge on any atom is 0.0669 e. The zero-order valence-electron chi connectivity index (χ0n) is 11.8. The fraction of sp³-hybridized carbons (Fsp3) is 0.667. The topological polar surface area (TPSA) is 68.6 Å². The van der Waals surface area contributed by atoms with Crippen LogP contribution in [0.25, 0.3) is 0 Å². The summed E-state index contributed by atoms with van der Waals surface area (Å²) in [6.45, 7) is 2.73. The highest BCUT2D eigenvalue weighted by Crippen LogP contribution is 2.21. The summed E-state index contributed by atoms with van der Waals surface area (Å²) in [7, 11) is 0. The summed E-state index contributed by atoms with van der Waals surface area (Å²) < 4.78 is 1.97. The van der Waals surface area contributed by atoms with Gasteiger partial charge in [0.05, 0.1) is 24.6 Å². The number of nitrogens with zero attached hydrogens (tertiary/aromatic N) is 5. The standard InChI is InChI=1S/C15H21N5/c16-7-3-5-14(11-17)12-19-9-2-1-6-15(19)13-20-10-4-8-18-20/h4,8,10,14-15H,1-3,5-6,9,12-13H2. The second kappa shape index (κ2) is 7.67. The second-order valence-corrected chi connectivity index (χ2v) is 5.40. The van der Waals surface area contributed by atoms with Crippen LogP contribution in [-0.4, -0.2) is 33.8 Å². The van der Waals surface area contributed by atoms with Gasteiger partial charge in [-0.05, 0) is 31.9 Å². The van der Waals surface area contributed by atoms with Crippen LogP contribution in [0.1, 0.15) is 32.1 Å². The Hall–Kier alpha value is -1.85. The molecule has 5 heteroatoms. The maximum absolute atomic E-state index is 9.22. The zero-order chi connectivity index (χ0) is 14.2. The lowest BCUT2D eigenvalue weighted by molar-refractivity contribution is 0.117. The Bertz CT molecular complexity index is 467. The molecule has 2 unspecified atom stereocenters. The van der Waals surface area contributed by atoms with E-state index in [0.717, 1.165) is 26.1 Å². The third kappa shape index (κ3) is 4.08. The molecule has 1 aliphatic heterocycles. The van der Waals surface area contributed by atoms with Gasteiger partial charge in [-0.25, -0.2) is 0 Å². The fourth-order valence-electron chi connectivity index (χ4n) is 2.85. The molecule has 0 radical (unpaired) electrons. The molecule has 0 aromatic carbocycles. The molecule has 2 atom stereocenters. The molecule has 0 bridgehead atoms. The number of piperidine rings is 1. The van der Waals surface area contributed by atoms with Crippen molar-refractivity contribution in [1.29, 1.82) is 10.5 Å². The van der Waals surface area contributed by atoms with E-state index in [0.29, 0.717) is 18.9 Å². The molecular formula is C15H21N5. The van der Waals surface area contributed by atoms with Crippen molar-refractivity contribution in [3.05, 3.63) is 18.5 Å². The van der Waals surface area contributed by atoms with Gasteiger partial charge in [0.25, 0.3) is 0 Å². The highest BCUT2D eigenvalue weighted by atomic mass is 15.3. The summed E-state index contributed by atoms with van der Waals surface area (Å²) in [4.78, 5) is 2.41. The molecule has 20 heavy (non-hydrogen) atoms. The first-order valence-corrected chi connectivity index (χ1v) is 7.31. The fourth-order valence-corrected chi connectivity index (χ4v) is 2.85. The molecule has 1 aromatic heterocycles. The van der Waals surface area contributed by atoms with Gasteiger partial charge in [-0.3, -0.25) is 9.58 Å². The molecule has 106 valence electrons. The average Bonchev–Trinajstić information content (AvgIpc) is 2.98. The average molecular weight is 271 g/mol. The van der Waals surface area contributed by atoms with Crippen molar-refractivity contribution in [1.82, 2.24) is 14.7 Å². The first-order chi connectivity index (χ1) is 9.83. The van der Waals surface area contributed by atoms with Crippen LogP contribution >= 0.6 is 0 Å². The van der Waals surface area contributed by atoms with Crippen molar-refractivity contribution in [2.24, 2.45) is 5.92 Å². The summed E-state index contributed by atoms with van der Waals surface area (Å²) in [5, 5.41) is 22.2. The van der Waals surface area contributed by atoms with Crippen molar-refractivity contribution in [2.45, 2.75) is 44.7 Å². The third-order valence-electron chi connectivity index (χ3n) is 3.95. The largest absolute Gasteiger partial charge is 0.297 e. The van der Waals surface area contributed by atoms with E-state index in [1.165, 1.54) is 12.8 Å². The first kappa shape index (κ1) is 14.6. The lowest BCUT2D eigenvalue weighted by Gasteiger charge is -2.36. The van der Waals surface area contributed by atoms with Crippen molar-refractivity contribution < 1.29 is 0 Å². The Morgan fingerprint density at radius 2 is 2.25 bits per heavy atom. The number of likely N-dealkylation sites (tertiary alicyclic amines) is 1. The van der Waals surface area contributed by atoms with Crippen LogP contribution in [0.3, 0.4) is 0 Å². The first-order valence-electron chi connectivity index (χ1n) is 7.31. The number of hydrogen-bond acceptors (Lipinski definition) is 4. The van der Waals surface area contributed by atoms with Crippen LogP contribution in [-0.2, 0) is 6.54 Å². The van der Waals surface area contributed by atoms with Crippen LogP contribution in [0, 0.1) is 28.6 Å². The summed E-state index contributed by atoms with van der Waals surface area (Å²) >= 11 is 0. The van der Waals surface area contributed by atoms with Gasteiger partial charge in [0.2, 0.25) is 0 Å². The molecule has 0 amide bonds. The maximum atomic E-state index is 9.22. The van der Waals surface area contributed by atoms with Gasteiger partial charge in [-0.2, -0.15) is 15.6 Å². The van der Waals surface area contributed by atoms with E-state index < -0.39 is 0 Å². The number of hydrogen-bond donors (Lipinski definition) is 0. The third-order valence-corrected chi connectivity index (χ3v) is 3.95. The second-order valence-electron chi connectivity index (χ2n) is 5.40. The van der Waals surface area contributed by atoms with E-state index in [2.05, 4.69) is 22.1 Å². The molecule has 2 rings (SSSR count). The monoisotopic (exact) mass is 271 g/mol. The molecule has 0 aliphatic carbocycles. The molecule has 1 saturated heterocycles.